The Morgan fingerprint density at radius 1 is 1.35 bits per heavy atom. The minimum absolute atomic E-state index is 0.0623. The Morgan fingerprint density at radius 2 is 2.18 bits per heavy atom. The summed E-state index contributed by atoms with van der Waals surface area (Å²) in [5.74, 6) is 0. The van der Waals surface area contributed by atoms with Crippen LogP contribution >= 0.6 is 0 Å². The third-order valence-corrected chi connectivity index (χ3v) is 3.45. The number of hydrogen-bond acceptors (Lipinski definition) is 4. The van der Waals surface area contributed by atoms with Gasteiger partial charge in [0.25, 0.3) is 0 Å². The molecular weight excluding hydrogens is 218 g/mol. The van der Waals surface area contributed by atoms with Gasteiger partial charge in [-0.2, -0.15) is 0 Å². The van der Waals surface area contributed by atoms with E-state index < -0.39 is 0 Å². The highest BCUT2D eigenvalue weighted by atomic mass is 16.5. The lowest BCUT2D eigenvalue weighted by molar-refractivity contribution is -0.0784. The minimum Gasteiger partial charge on any atom is -0.382 e. The molecule has 1 N–H and O–H groups in total. The summed E-state index contributed by atoms with van der Waals surface area (Å²) in [6.07, 6.45) is 3.28. The fraction of sp³-hybridized carbons (Fsp3) is 1.00. The Bertz CT molecular complexity index is 201. The van der Waals surface area contributed by atoms with Crippen molar-refractivity contribution in [3.05, 3.63) is 0 Å². The van der Waals surface area contributed by atoms with Gasteiger partial charge in [-0.3, -0.25) is 0 Å². The first-order valence-corrected chi connectivity index (χ1v) is 6.64. The third kappa shape index (κ3) is 5.82. The van der Waals surface area contributed by atoms with E-state index in [1.807, 2.05) is 0 Å². The monoisotopic (exact) mass is 245 g/mol. The van der Waals surface area contributed by atoms with E-state index in [1.54, 1.807) is 7.11 Å². The van der Waals surface area contributed by atoms with E-state index >= 15 is 0 Å². The van der Waals surface area contributed by atoms with Gasteiger partial charge < -0.3 is 19.5 Å². The molecule has 2 atom stereocenters. The van der Waals surface area contributed by atoms with Gasteiger partial charge in [-0.1, -0.05) is 6.92 Å². The van der Waals surface area contributed by atoms with Crippen LogP contribution in [0.4, 0.5) is 0 Å². The maximum absolute atomic E-state index is 5.82. The molecule has 0 saturated carbocycles. The highest BCUT2D eigenvalue weighted by Gasteiger charge is 2.31. The van der Waals surface area contributed by atoms with Crippen molar-refractivity contribution in [1.29, 1.82) is 0 Å². The average Bonchev–Trinajstić information content (AvgIpc) is 2.34. The normalized spacial score (nSPS) is 29.5. The van der Waals surface area contributed by atoms with Gasteiger partial charge in [0.2, 0.25) is 0 Å². The third-order valence-electron chi connectivity index (χ3n) is 3.45. The van der Waals surface area contributed by atoms with Crippen molar-refractivity contribution in [3.63, 3.8) is 0 Å². The molecule has 1 heterocycles. The number of rotatable bonds is 8. The second kappa shape index (κ2) is 8.03. The topological polar surface area (TPSA) is 39.7 Å². The molecule has 4 nitrogen and oxygen atoms in total. The van der Waals surface area contributed by atoms with E-state index in [1.165, 1.54) is 0 Å². The van der Waals surface area contributed by atoms with Crippen LogP contribution in [0.1, 0.15) is 33.1 Å². The molecule has 1 saturated heterocycles. The summed E-state index contributed by atoms with van der Waals surface area (Å²) >= 11 is 0. The van der Waals surface area contributed by atoms with Crippen LogP contribution in [0, 0.1) is 0 Å². The summed E-state index contributed by atoms with van der Waals surface area (Å²) in [7, 11) is 1.69. The first-order valence-electron chi connectivity index (χ1n) is 6.64. The van der Waals surface area contributed by atoms with Gasteiger partial charge in [0.1, 0.15) is 0 Å². The van der Waals surface area contributed by atoms with E-state index in [4.69, 9.17) is 14.2 Å². The molecule has 17 heavy (non-hydrogen) atoms. The zero-order chi connectivity index (χ0) is 12.6. The largest absolute Gasteiger partial charge is 0.382 e. The number of methoxy groups -OCH3 is 1. The van der Waals surface area contributed by atoms with Gasteiger partial charge in [-0.15, -0.1) is 0 Å². The van der Waals surface area contributed by atoms with Gasteiger partial charge in [0.05, 0.1) is 25.4 Å². The Balaban J connectivity index is 2.06. The van der Waals surface area contributed by atoms with Crippen molar-refractivity contribution in [3.8, 4) is 0 Å². The number of nitrogens with one attached hydrogen (secondary N) is 1. The van der Waals surface area contributed by atoms with Crippen LogP contribution in [0.25, 0.3) is 0 Å². The quantitative estimate of drug-likeness (QED) is 0.659. The van der Waals surface area contributed by atoms with Crippen molar-refractivity contribution in [2.75, 3.05) is 40.1 Å². The van der Waals surface area contributed by atoms with Crippen LogP contribution in [0.2, 0.25) is 0 Å². The number of hydrogen-bond donors (Lipinski definition) is 1. The van der Waals surface area contributed by atoms with Crippen LogP contribution in [0.15, 0.2) is 0 Å². The van der Waals surface area contributed by atoms with E-state index in [0.29, 0.717) is 19.3 Å². The van der Waals surface area contributed by atoms with Crippen LogP contribution in [-0.2, 0) is 14.2 Å². The Labute approximate surface area is 105 Å². The van der Waals surface area contributed by atoms with Gasteiger partial charge in [0, 0.05) is 26.3 Å². The van der Waals surface area contributed by atoms with E-state index in [0.717, 1.165) is 39.0 Å². The van der Waals surface area contributed by atoms with E-state index in [9.17, 15) is 0 Å². The lowest BCUT2D eigenvalue weighted by Crippen LogP contribution is -2.45. The first-order chi connectivity index (χ1) is 8.20. The van der Waals surface area contributed by atoms with Crippen LogP contribution in [0.3, 0.4) is 0 Å². The summed E-state index contributed by atoms with van der Waals surface area (Å²) in [4.78, 5) is 0. The van der Waals surface area contributed by atoms with Gasteiger partial charge in [-0.25, -0.2) is 0 Å². The predicted octanol–water partition coefficient (Wildman–Crippen LogP) is 1.59. The summed E-state index contributed by atoms with van der Waals surface area (Å²) in [5.41, 5.74) is 0.0623. The molecule has 102 valence electrons. The molecule has 2 unspecified atom stereocenters. The average molecular weight is 245 g/mol. The molecule has 1 fully saturated rings. The Morgan fingerprint density at radius 3 is 2.88 bits per heavy atom. The molecule has 1 rings (SSSR count). The second-order valence-electron chi connectivity index (χ2n) is 4.90. The molecule has 0 aromatic carbocycles. The Kier molecular flexibility index (Phi) is 7.04. The number of ether oxygens (including phenoxy) is 3. The molecule has 4 heteroatoms. The molecule has 0 aliphatic carbocycles. The molecule has 0 amide bonds. The zero-order valence-electron chi connectivity index (χ0n) is 11.5. The van der Waals surface area contributed by atoms with E-state index in [-0.39, 0.29) is 5.60 Å². The highest BCUT2D eigenvalue weighted by Crippen LogP contribution is 2.27. The smallest absolute Gasteiger partial charge is 0.0700 e. The van der Waals surface area contributed by atoms with Crippen LogP contribution < -0.4 is 5.32 Å². The van der Waals surface area contributed by atoms with Gasteiger partial charge >= 0.3 is 0 Å². The highest BCUT2D eigenvalue weighted by molar-refractivity contribution is 4.85. The van der Waals surface area contributed by atoms with Crippen molar-refractivity contribution in [2.45, 2.75) is 44.8 Å². The lowest BCUT2D eigenvalue weighted by Gasteiger charge is -2.38. The van der Waals surface area contributed by atoms with E-state index in [2.05, 4.69) is 19.2 Å². The Hall–Kier alpha value is -0.160. The fourth-order valence-electron chi connectivity index (χ4n) is 2.13. The molecule has 0 radical (unpaired) electrons. The van der Waals surface area contributed by atoms with Crippen molar-refractivity contribution in [2.24, 2.45) is 0 Å². The molecular formula is C13H27NO3. The summed E-state index contributed by atoms with van der Waals surface area (Å²) in [5, 5.41) is 3.54. The minimum atomic E-state index is 0.0623. The van der Waals surface area contributed by atoms with Crippen LogP contribution in [0.5, 0.6) is 0 Å². The van der Waals surface area contributed by atoms with Crippen molar-refractivity contribution >= 4 is 0 Å². The predicted molar refractivity (Wildman–Crippen MR) is 68.4 cm³/mol. The summed E-state index contributed by atoms with van der Waals surface area (Å²) < 4.78 is 16.2. The van der Waals surface area contributed by atoms with Crippen molar-refractivity contribution in [1.82, 2.24) is 5.32 Å². The molecule has 1 aliphatic rings. The zero-order valence-corrected chi connectivity index (χ0v) is 11.5. The second-order valence-corrected chi connectivity index (χ2v) is 4.90. The molecule has 1 aliphatic heterocycles. The summed E-state index contributed by atoms with van der Waals surface area (Å²) in [6, 6.07) is 0.569. The molecule has 0 spiro atoms. The summed E-state index contributed by atoms with van der Waals surface area (Å²) in [6.45, 7) is 8.28. The fourth-order valence-corrected chi connectivity index (χ4v) is 2.13. The standard InChI is InChI=1S/C13H27NO3/c1-4-13(2)11-12(5-7-17-13)14-6-8-16-10-9-15-3/h12,14H,4-11H2,1-3H3. The molecule has 0 bridgehead atoms. The van der Waals surface area contributed by atoms with Crippen molar-refractivity contribution < 1.29 is 14.2 Å². The lowest BCUT2D eigenvalue weighted by atomic mass is 9.90. The maximum Gasteiger partial charge on any atom is 0.0700 e. The van der Waals surface area contributed by atoms with Gasteiger partial charge in [-0.05, 0) is 26.2 Å². The van der Waals surface area contributed by atoms with Crippen LogP contribution in [-0.4, -0.2) is 51.7 Å². The molecule has 0 aromatic rings. The molecule has 0 aromatic heterocycles. The first kappa shape index (κ1) is 14.9. The maximum atomic E-state index is 5.82. The van der Waals surface area contributed by atoms with Gasteiger partial charge in [0.15, 0.2) is 0 Å². The SMILES string of the molecule is CCC1(C)CC(NCCOCCOC)CCO1.